The molecule has 0 fully saturated rings. The van der Waals surface area contributed by atoms with Gasteiger partial charge in [0, 0.05) is 5.02 Å². The molecule has 1 heterocycles. The highest BCUT2D eigenvalue weighted by molar-refractivity contribution is 6.30. The number of carbonyl (C=O) groups is 1. The number of rotatable bonds is 4. The number of amides is 1. The average Bonchev–Trinajstić information content (AvgIpc) is 2.88. The molecule has 8 heteroatoms. The van der Waals surface area contributed by atoms with Crippen molar-refractivity contribution in [2.24, 2.45) is 5.73 Å². The van der Waals surface area contributed by atoms with E-state index in [0.717, 1.165) is 0 Å². The van der Waals surface area contributed by atoms with Gasteiger partial charge in [0.1, 0.15) is 6.04 Å². The quantitative estimate of drug-likeness (QED) is 0.920. The Balaban J connectivity index is 2.33. The molecule has 100 valence electrons. The second-order valence-corrected chi connectivity index (χ2v) is 4.35. The van der Waals surface area contributed by atoms with Crippen molar-refractivity contribution in [3.05, 3.63) is 41.2 Å². The van der Waals surface area contributed by atoms with Gasteiger partial charge in [-0.2, -0.15) is 4.80 Å². The molecule has 1 aromatic heterocycles. The number of nitrogens with zero attached hydrogens (tertiary/aromatic N) is 4. The Hall–Kier alpha value is -2.15. The van der Waals surface area contributed by atoms with Gasteiger partial charge in [-0.05, 0) is 29.8 Å². The van der Waals surface area contributed by atoms with Gasteiger partial charge in [-0.25, -0.2) is 4.79 Å². The monoisotopic (exact) mass is 281 g/mol. The van der Waals surface area contributed by atoms with Gasteiger partial charge in [0.15, 0.2) is 12.4 Å². The van der Waals surface area contributed by atoms with Gasteiger partial charge in [-0.3, -0.25) is 0 Å². The normalized spacial score (nSPS) is 13.8. The minimum atomic E-state index is -0.878. The Labute approximate surface area is 114 Å². The van der Waals surface area contributed by atoms with Crippen molar-refractivity contribution in [1.82, 2.24) is 20.2 Å². The largest absolute Gasteiger partial charge is 0.439 e. The van der Waals surface area contributed by atoms with Crippen LogP contribution in [0.15, 0.2) is 30.6 Å². The summed E-state index contributed by atoms with van der Waals surface area (Å²) >= 11 is 5.93. The fourth-order valence-corrected chi connectivity index (χ4v) is 1.94. The van der Waals surface area contributed by atoms with E-state index >= 15 is 0 Å². The molecule has 19 heavy (non-hydrogen) atoms. The summed E-state index contributed by atoms with van der Waals surface area (Å²) in [6.07, 6.45) is -0.224. The van der Waals surface area contributed by atoms with Crippen LogP contribution in [0.2, 0.25) is 5.02 Å². The Morgan fingerprint density at radius 1 is 1.53 bits per heavy atom. The molecule has 1 amide bonds. The molecule has 0 spiro atoms. The molecular formula is C11H12ClN5O2. The summed E-state index contributed by atoms with van der Waals surface area (Å²) in [4.78, 5) is 12.4. The lowest BCUT2D eigenvalue weighted by Gasteiger charge is -2.22. The van der Waals surface area contributed by atoms with Crippen molar-refractivity contribution in [3.8, 4) is 0 Å². The average molecular weight is 282 g/mol. The molecule has 0 saturated heterocycles. The molecule has 2 N–H and O–H groups in total. The third kappa shape index (κ3) is 3.19. The van der Waals surface area contributed by atoms with Gasteiger partial charge in [0.2, 0.25) is 0 Å². The Morgan fingerprint density at radius 3 is 2.89 bits per heavy atom. The maximum atomic E-state index is 11.0. The number of aromatic nitrogens is 4. The molecule has 7 nitrogen and oxygen atoms in total. The predicted molar refractivity (Wildman–Crippen MR) is 67.4 cm³/mol. The Morgan fingerprint density at radius 2 is 2.32 bits per heavy atom. The molecule has 0 radical (unpaired) electrons. The summed E-state index contributed by atoms with van der Waals surface area (Å²) in [6, 6.07) is 6.60. The summed E-state index contributed by atoms with van der Waals surface area (Å²) in [7, 11) is 0. The van der Waals surface area contributed by atoms with Crippen LogP contribution >= 0.6 is 11.6 Å². The fraction of sp³-hybridized carbons (Fsp3) is 0.273. The minimum absolute atomic E-state index is 0.367. The Kier molecular flexibility index (Phi) is 3.96. The number of halogens is 1. The van der Waals surface area contributed by atoms with Crippen molar-refractivity contribution in [2.45, 2.75) is 19.1 Å². The lowest BCUT2D eigenvalue weighted by molar-refractivity contribution is 0.0677. The predicted octanol–water partition coefficient (Wildman–Crippen LogP) is 1.72. The van der Waals surface area contributed by atoms with E-state index < -0.39 is 12.2 Å². The number of primary amides is 1. The lowest BCUT2D eigenvalue weighted by atomic mass is 10.0. The zero-order valence-electron chi connectivity index (χ0n) is 10.1. The van der Waals surface area contributed by atoms with Crippen molar-refractivity contribution < 1.29 is 9.53 Å². The molecule has 0 bridgehead atoms. The van der Waals surface area contributed by atoms with E-state index in [4.69, 9.17) is 22.1 Å². The van der Waals surface area contributed by atoms with E-state index in [1.54, 1.807) is 31.2 Å². The first-order chi connectivity index (χ1) is 9.08. The van der Waals surface area contributed by atoms with Crippen LogP contribution in [0.5, 0.6) is 0 Å². The summed E-state index contributed by atoms with van der Waals surface area (Å²) in [6.45, 7) is 1.79. The first-order valence-corrected chi connectivity index (χ1v) is 5.89. The van der Waals surface area contributed by atoms with Crippen LogP contribution in [-0.2, 0) is 4.74 Å². The first kappa shape index (κ1) is 13.3. The smallest absolute Gasteiger partial charge is 0.405 e. The first-order valence-electron chi connectivity index (χ1n) is 5.52. The third-order valence-electron chi connectivity index (χ3n) is 2.59. The highest BCUT2D eigenvalue weighted by Crippen LogP contribution is 2.30. The van der Waals surface area contributed by atoms with E-state index in [0.29, 0.717) is 10.6 Å². The van der Waals surface area contributed by atoms with Crippen LogP contribution in [0.3, 0.4) is 0 Å². The molecule has 0 saturated carbocycles. The highest BCUT2D eigenvalue weighted by Gasteiger charge is 2.26. The molecule has 0 aliphatic rings. The maximum absolute atomic E-state index is 11.0. The maximum Gasteiger partial charge on any atom is 0.405 e. The number of tetrazole rings is 1. The van der Waals surface area contributed by atoms with Crippen LogP contribution in [0.25, 0.3) is 0 Å². The lowest BCUT2D eigenvalue weighted by Crippen LogP contribution is -2.25. The van der Waals surface area contributed by atoms with E-state index in [1.807, 2.05) is 0 Å². The number of nitrogens with two attached hydrogens (primary N) is 1. The van der Waals surface area contributed by atoms with Gasteiger partial charge < -0.3 is 10.5 Å². The topological polar surface area (TPSA) is 95.9 Å². The molecule has 2 aromatic rings. The molecule has 0 aliphatic carbocycles. The second-order valence-electron chi connectivity index (χ2n) is 3.91. The van der Waals surface area contributed by atoms with E-state index in [-0.39, 0.29) is 6.04 Å². The molecule has 0 aliphatic heterocycles. The van der Waals surface area contributed by atoms with Crippen LogP contribution in [0, 0.1) is 0 Å². The summed E-state index contributed by atoms with van der Waals surface area (Å²) < 4.78 is 5.13. The van der Waals surface area contributed by atoms with Gasteiger partial charge in [-0.1, -0.05) is 23.7 Å². The molecular weight excluding hydrogens is 270 g/mol. The number of benzene rings is 1. The van der Waals surface area contributed by atoms with Crippen LogP contribution in [0.1, 0.15) is 24.6 Å². The van der Waals surface area contributed by atoms with Crippen LogP contribution in [-0.4, -0.2) is 26.3 Å². The van der Waals surface area contributed by atoms with E-state index in [1.165, 1.54) is 11.1 Å². The fourth-order valence-electron chi connectivity index (χ4n) is 1.74. The highest BCUT2D eigenvalue weighted by atomic mass is 35.5. The number of hydrogen-bond donors (Lipinski definition) is 1. The Bertz CT molecular complexity index is 560. The van der Waals surface area contributed by atoms with Crippen LogP contribution < -0.4 is 5.73 Å². The van der Waals surface area contributed by atoms with Crippen molar-refractivity contribution in [1.29, 1.82) is 0 Å². The summed E-state index contributed by atoms with van der Waals surface area (Å²) in [5.74, 6) is 0. The minimum Gasteiger partial charge on any atom is -0.439 e. The number of carbonyl (C=O) groups excluding carboxylic acids is 1. The summed E-state index contributed by atoms with van der Waals surface area (Å²) in [5, 5.41) is 11.9. The SMILES string of the molecule is CC(C(OC(N)=O)c1cccc(Cl)c1)n1ncnn1. The van der Waals surface area contributed by atoms with E-state index in [2.05, 4.69) is 15.4 Å². The molecule has 2 atom stereocenters. The second kappa shape index (κ2) is 5.66. The zero-order chi connectivity index (χ0) is 13.8. The van der Waals surface area contributed by atoms with Crippen molar-refractivity contribution in [3.63, 3.8) is 0 Å². The zero-order valence-corrected chi connectivity index (χ0v) is 10.9. The summed E-state index contributed by atoms with van der Waals surface area (Å²) in [5.41, 5.74) is 5.80. The third-order valence-corrected chi connectivity index (χ3v) is 2.82. The van der Waals surface area contributed by atoms with Crippen LogP contribution in [0.4, 0.5) is 4.79 Å². The molecule has 2 unspecified atom stereocenters. The van der Waals surface area contributed by atoms with Gasteiger partial charge in [0.25, 0.3) is 0 Å². The van der Waals surface area contributed by atoms with Gasteiger partial charge in [0.05, 0.1) is 0 Å². The molecule has 1 aromatic carbocycles. The van der Waals surface area contributed by atoms with Crippen molar-refractivity contribution >= 4 is 17.7 Å². The molecule has 2 rings (SSSR count). The van der Waals surface area contributed by atoms with E-state index in [9.17, 15) is 4.79 Å². The van der Waals surface area contributed by atoms with Gasteiger partial charge in [-0.15, -0.1) is 10.2 Å². The van der Waals surface area contributed by atoms with Crippen molar-refractivity contribution in [2.75, 3.05) is 0 Å². The standard InChI is InChI=1S/C11H12ClN5O2/c1-7(17-15-6-14-16-17)10(19-11(13)18)8-3-2-4-9(12)5-8/h2-7,10H,1H3,(H2,13,18). The number of hydrogen-bond acceptors (Lipinski definition) is 5. The van der Waals surface area contributed by atoms with Gasteiger partial charge >= 0.3 is 6.09 Å². The number of ether oxygens (including phenoxy) is 1.